The number of hydrogen-bond acceptors (Lipinski definition) is 7. The number of nitrogens with zero attached hydrogens (tertiary/aromatic N) is 3. The molecule has 32 heavy (non-hydrogen) atoms. The number of nitrogens with one attached hydrogen (secondary N) is 1. The van der Waals surface area contributed by atoms with Crippen LogP contribution < -0.4 is 5.32 Å². The second-order valence-corrected chi connectivity index (χ2v) is 10.9. The number of oxazole rings is 1. The van der Waals surface area contributed by atoms with Gasteiger partial charge in [-0.1, -0.05) is 11.6 Å². The van der Waals surface area contributed by atoms with Gasteiger partial charge >= 0.3 is 0 Å². The van der Waals surface area contributed by atoms with Crippen molar-refractivity contribution in [1.29, 1.82) is 0 Å². The molecule has 1 amide bonds. The first-order valence-electron chi connectivity index (χ1n) is 9.82. The summed E-state index contributed by atoms with van der Waals surface area (Å²) in [5.41, 5.74) is 2.30. The van der Waals surface area contributed by atoms with Crippen molar-refractivity contribution in [3.63, 3.8) is 0 Å². The second kappa shape index (κ2) is 9.30. The van der Waals surface area contributed by atoms with Crippen molar-refractivity contribution >= 4 is 49.0 Å². The van der Waals surface area contributed by atoms with Crippen LogP contribution in [0, 0.1) is 6.92 Å². The minimum absolute atomic E-state index is 0.137. The van der Waals surface area contributed by atoms with Crippen LogP contribution in [0.4, 0.5) is 5.69 Å². The number of sulfone groups is 1. The Balaban J connectivity index is 1.43. The third-order valence-electron chi connectivity index (χ3n) is 5.12. The van der Waals surface area contributed by atoms with Crippen molar-refractivity contribution in [3.05, 3.63) is 63.0 Å². The molecule has 8 nitrogen and oxygen atoms in total. The minimum atomic E-state index is -2.95. The van der Waals surface area contributed by atoms with E-state index in [-0.39, 0.29) is 17.4 Å². The summed E-state index contributed by atoms with van der Waals surface area (Å²) in [6, 6.07) is 8.49. The molecule has 1 N–H and O–H groups in total. The van der Waals surface area contributed by atoms with Crippen LogP contribution in [0.2, 0.25) is 5.02 Å². The van der Waals surface area contributed by atoms with Gasteiger partial charge in [-0.05, 0) is 58.7 Å². The third kappa shape index (κ3) is 5.37. The van der Waals surface area contributed by atoms with Gasteiger partial charge in [0, 0.05) is 30.2 Å². The van der Waals surface area contributed by atoms with E-state index in [2.05, 4.69) is 31.2 Å². The molecule has 168 valence electrons. The minimum Gasteiger partial charge on any atom is -0.439 e. The number of hydrogen-bond donors (Lipinski definition) is 1. The third-order valence-corrected chi connectivity index (χ3v) is 7.83. The van der Waals surface area contributed by atoms with Crippen LogP contribution >= 0.6 is 27.5 Å². The average Bonchev–Trinajstić information content (AvgIpc) is 3.10. The molecule has 3 aromatic rings. The quantitative estimate of drug-likeness (QED) is 0.523. The van der Waals surface area contributed by atoms with E-state index in [0.717, 1.165) is 5.56 Å². The molecule has 11 heteroatoms. The van der Waals surface area contributed by atoms with Gasteiger partial charge in [-0.25, -0.2) is 18.4 Å². The fourth-order valence-corrected chi connectivity index (χ4v) is 4.97. The Morgan fingerprint density at radius 2 is 2.00 bits per heavy atom. The summed E-state index contributed by atoms with van der Waals surface area (Å²) in [5, 5.41) is 3.35. The molecule has 1 aliphatic heterocycles. The van der Waals surface area contributed by atoms with Gasteiger partial charge in [0.05, 0.1) is 23.4 Å². The van der Waals surface area contributed by atoms with Crippen molar-refractivity contribution in [1.82, 2.24) is 14.9 Å². The summed E-state index contributed by atoms with van der Waals surface area (Å²) in [7, 11) is -2.95. The summed E-state index contributed by atoms with van der Waals surface area (Å²) < 4.78 is 29.4. The molecule has 0 aliphatic carbocycles. The van der Waals surface area contributed by atoms with Crippen LogP contribution in [0.3, 0.4) is 0 Å². The Morgan fingerprint density at radius 1 is 1.25 bits per heavy atom. The molecule has 4 rings (SSSR count). The Bertz CT molecular complexity index is 1230. The molecule has 1 saturated heterocycles. The van der Waals surface area contributed by atoms with Crippen LogP contribution in [0.25, 0.3) is 11.6 Å². The number of pyridine rings is 1. The monoisotopic (exact) mass is 538 g/mol. The Kier molecular flexibility index (Phi) is 6.66. The largest absolute Gasteiger partial charge is 0.439 e. The number of anilines is 1. The van der Waals surface area contributed by atoms with Crippen molar-refractivity contribution < 1.29 is 17.6 Å². The molecule has 0 spiro atoms. The van der Waals surface area contributed by atoms with Gasteiger partial charge in [0.25, 0.3) is 5.91 Å². The molecular weight excluding hydrogens is 520 g/mol. The molecule has 0 atom stereocenters. The number of amides is 1. The van der Waals surface area contributed by atoms with E-state index in [0.29, 0.717) is 57.9 Å². The first-order chi connectivity index (χ1) is 15.2. The highest BCUT2D eigenvalue weighted by Gasteiger charge is 2.22. The maximum atomic E-state index is 12.7. The van der Waals surface area contributed by atoms with E-state index >= 15 is 0 Å². The van der Waals surface area contributed by atoms with Gasteiger partial charge in [-0.3, -0.25) is 9.69 Å². The predicted molar refractivity (Wildman–Crippen MR) is 126 cm³/mol. The fraction of sp³-hybridized carbons (Fsp3) is 0.286. The van der Waals surface area contributed by atoms with Crippen molar-refractivity contribution in [3.8, 4) is 11.6 Å². The lowest BCUT2D eigenvalue weighted by Gasteiger charge is -2.27. The van der Waals surface area contributed by atoms with Gasteiger partial charge in [-0.2, -0.15) is 0 Å². The number of carbonyl (C=O) groups is 1. The highest BCUT2D eigenvalue weighted by atomic mass is 79.9. The maximum Gasteiger partial charge on any atom is 0.255 e. The topological polar surface area (TPSA) is 105 Å². The van der Waals surface area contributed by atoms with E-state index in [9.17, 15) is 13.2 Å². The maximum absolute atomic E-state index is 12.7. The van der Waals surface area contributed by atoms with Crippen LogP contribution in [0.1, 0.15) is 21.7 Å². The lowest BCUT2D eigenvalue weighted by molar-refractivity contribution is 0.102. The number of aromatic nitrogens is 2. The molecule has 1 fully saturated rings. The zero-order chi connectivity index (χ0) is 22.9. The van der Waals surface area contributed by atoms with Crippen LogP contribution in [0.5, 0.6) is 0 Å². The standard InChI is InChI=1S/C21H20BrClN4O4S/c1-13-19(22)26-21(31-13)18-5-3-16(11-24-18)25-20(28)14-2-4-17(23)15(10-14)12-27-6-8-32(29,30)9-7-27/h2-5,10-11H,6-9,12H2,1H3,(H,25,28). The van der Waals surface area contributed by atoms with E-state index in [1.54, 1.807) is 37.3 Å². The van der Waals surface area contributed by atoms with Crippen LogP contribution in [-0.4, -0.2) is 53.8 Å². The smallest absolute Gasteiger partial charge is 0.255 e. The SMILES string of the molecule is Cc1oc(-c2ccc(NC(=O)c3ccc(Cl)c(CN4CCS(=O)(=O)CC4)c3)cn2)nc1Br. The molecule has 0 saturated carbocycles. The highest BCUT2D eigenvalue weighted by Crippen LogP contribution is 2.25. The van der Waals surface area contributed by atoms with Crippen LogP contribution in [0.15, 0.2) is 45.5 Å². The average molecular weight is 540 g/mol. The Hall–Kier alpha value is -2.27. The zero-order valence-electron chi connectivity index (χ0n) is 17.1. The van der Waals surface area contributed by atoms with Crippen molar-refractivity contribution in [2.45, 2.75) is 13.5 Å². The number of carbonyl (C=O) groups excluding carboxylic acids is 1. The molecule has 1 aliphatic rings. The van der Waals surface area contributed by atoms with Gasteiger partial charge in [-0.15, -0.1) is 0 Å². The molecule has 1 aromatic carbocycles. The molecular formula is C21H20BrClN4O4S. The second-order valence-electron chi connectivity index (χ2n) is 7.49. The van der Waals surface area contributed by atoms with E-state index in [1.165, 1.54) is 6.20 Å². The van der Waals surface area contributed by atoms with Gasteiger partial charge in [0.15, 0.2) is 9.84 Å². The first-order valence-corrected chi connectivity index (χ1v) is 12.8. The fourth-order valence-electron chi connectivity index (χ4n) is 3.27. The summed E-state index contributed by atoms with van der Waals surface area (Å²) in [6.07, 6.45) is 1.53. The summed E-state index contributed by atoms with van der Waals surface area (Å²) >= 11 is 9.62. The summed E-state index contributed by atoms with van der Waals surface area (Å²) in [4.78, 5) is 23.3. The molecule has 0 unspecified atom stereocenters. The molecule has 2 aromatic heterocycles. The highest BCUT2D eigenvalue weighted by molar-refractivity contribution is 9.10. The van der Waals surface area contributed by atoms with E-state index in [4.69, 9.17) is 16.0 Å². The van der Waals surface area contributed by atoms with Crippen molar-refractivity contribution in [2.24, 2.45) is 0 Å². The lowest BCUT2D eigenvalue weighted by Crippen LogP contribution is -2.39. The van der Waals surface area contributed by atoms with Gasteiger partial charge < -0.3 is 9.73 Å². The Morgan fingerprint density at radius 3 is 2.62 bits per heavy atom. The molecule has 0 bridgehead atoms. The number of halogens is 2. The Labute approximate surface area is 199 Å². The van der Waals surface area contributed by atoms with E-state index < -0.39 is 9.84 Å². The predicted octanol–water partition coefficient (Wildman–Crippen LogP) is 3.94. The van der Waals surface area contributed by atoms with Gasteiger partial charge in [0.1, 0.15) is 16.1 Å². The normalized spacial score (nSPS) is 16.1. The zero-order valence-corrected chi connectivity index (χ0v) is 20.3. The number of aryl methyl sites for hydroxylation is 1. The number of rotatable bonds is 5. The van der Waals surface area contributed by atoms with Crippen molar-refractivity contribution in [2.75, 3.05) is 29.9 Å². The lowest BCUT2D eigenvalue weighted by atomic mass is 10.1. The van der Waals surface area contributed by atoms with Gasteiger partial charge in [0.2, 0.25) is 5.89 Å². The first kappa shape index (κ1) is 22.9. The van der Waals surface area contributed by atoms with E-state index in [1.807, 2.05) is 4.90 Å². The van der Waals surface area contributed by atoms with Crippen LogP contribution in [-0.2, 0) is 16.4 Å². The summed E-state index contributed by atoms with van der Waals surface area (Å²) in [6.45, 7) is 3.18. The molecule has 3 heterocycles. The number of benzene rings is 1. The summed E-state index contributed by atoms with van der Waals surface area (Å²) in [5.74, 6) is 1.02. The molecule has 0 radical (unpaired) electrons.